The first kappa shape index (κ1) is 11.3. The van der Waals surface area contributed by atoms with Crippen molar-refractivity contribution in [3.8, 4) is 0 Å². The second kappa shape index (κ2) is 5.86. The predicted molar refractivity (Wildman–Crippen MR) is 61.2 cm³/mol. The molecule has 0 fully saturated rings. The Labute approximate surface area is 89.2 Å². The van der Waals surface area contributed by atoms with Gasteiger partial charge in [-0.15, -0.1) is 18.3 Å². The van der Waals surface area contributed by atoms with Crippen LogP contribution in [0.1, 0.15) is 19.8 Å². The van der Waals surface area contributed by atoms with Crippen LogP contribution in [0.4, 0.5) is 4.39 Å². The highest BCUT2D eigenvalue weighted by Gasteiger charge is 2.00. The van der Waals surface area contributed by atoms with Gasteiger partial charge in [-0.3, -0.25) is 0 Å². The molecule has 0 saturated heterocycles. The maximum absolute atomic E-state index is 13.1. The molecule has 0 aliphatic heterocycles. The summed E-state index contributed by atoms with van der Waals surface area (Å²) >= 11 is 1.57. The number of rotatable bonds is 5. The van der Waals surface area contributed by atoms with Crippen LogP contribution in [0.15, 0.2) is 41.3 Å². The van der Waals surface area contributed by atoms with Gasteiger partial charge in [0.2, 0.25) is 0 Å². The van der Waals surface area contributed by atoms with E-state index >= 15 is 0 Å². The van der Waals surface area contributed by atoms with Crippen molar-refractivity contribution in [2.45, 2.75) is 24.7 Å². The molecule has 1 rings (SSSR count). The van der Waals surface area contributed by atoms with E-state index in [2.05, 4.69) is 6.58 Å². The summed E-state index contributed by atoms with van der Waals surface area (Å²) in [6.45, 7) is 5.86. The highest BCUT2D eigenvalue weighted by atomic mass is 32.2. The third kappa shape index (κ3) is 3.97. The average Bonchev–Trinajstić information content (AvgIpc) is 2.15. The molecule has 0 heterocycles. The van der Waals surface area contributed by atoms with Gasteiger partial charge in [-0.25, -0.2) is 4.39 Å². The van der Waals surface area contributed by atoms with Crippen LogP contribution in [0.2, 0.25) is 0 Å². The molecule has 0 atom stereocenters. The number of benzene rings is 1. The molecule has 0 unspecified atom stereocenters. The maximum Gasteiger partial charge on any atom is 0.136 e. The summed E-state index contributed by atoms with van der Waals surface area (Å²) in [6.07, 6.45) is 2.09. The fraction of sp³-hybridized carbons (Fsp3) is 0.333. The number of halogens is 1. The summed E-state index contributed by atoms with van der Waals surface area (Å²) in [5.74, 6) is 0.834. The minimum absolute atomic E-state index is 0.118. The van der Waals surface area contributed by atoms with Gasteiger partial charge in [0.15, 0.2) is 0 Å². The second-order valence-electron chi connectivity index (χ2n) is 3.34. The summed E-state index contributed by atoms with van der Waals surface area (Å²) < 4.78 is 13.1. The van der Waals surface area contributed by atoms with Gasteiger partial charge in [0, 0.05) is 4.90 Å². The minimum Gasteiger partial charge on any atom is -0.206 e. The lowest BCUT2D eigenvalue weighted by molar-refractivity contribution is 0.602. The lowest BCUT2D eigenvalue weighted by atomic mass is 10.2. The predicted octanol–water partition coefficient (Wildman–Crippen LogP) is 4.27. The average molecular weight is 210 g/mol. The van der Waals surface area contributed by atoms with Gasteiger partial charge < -0.3 is 0 Å². The molecule has 0 saturated carbocycles. The highest BCUT2D eigenvalue weighted by molar-refractivity contribution is 7.99. The molecule has 0 spiro atoms. The Kier molecular flexibility index (Phi) is 4.74. The fourth-order valence-electron chi connectivity index (χ4n) is 1.12. The van der Waals surface area contributed by atoms with Gasteiger partial charge in [-0.2, -0.15) is 0 Å². The summed E-state index contributed by atoms with van der Waals surface area (Å²) in [5.41, 5.74) is 1.19. The van der Waals surface area contributed by atoms with E-state index in [1.165, 1.54) is 11.6 Å². The topological polar surface area (TPSA) is 0 Å². The molecule has 14 heavy (non-hydrogen) atoms. The van der Waals surface area contributed by atoms with E-state index in [0.29, 0.717) is 0 Å². The number of hydrogen-bond acceptors (Lipinski definition) is 1. The normalized spacial score (nSPS) is 10.1. The first-order valence-corrected chi connectivity index (χ1v) is 5.70. The van der Waals surface area contributed by atoms with Crippen molar-refractivity contribution in [2.75, 3.05) is 5.75 Å². The SMILES string of the molecule is C=C(C)CCCSc1ccccc1F. The molecule has 0 aliphatic carbocycles. The van der Waals surface area contributed by atoms with Crippen LogP contribution >= 0.6 is 11.8 Å². The van der Waals surface area contributed by atoms with Gasteiger partial charge in [-0.05, 0) is 37.7 Å². The second-order valence-corrected chi connectivity index (χ2v) is 4.48. The molecule has 1 aromatic rings. The summed E-state index contributed by atoms with van der Waals surface area (Å²) in [7, 11) is 0. The molecule has 76 valence electrons. The Morgan fingerprint density at radius 1 is 1.43 bits per heavy atom. The van der Waals surface area contributed by atoms with E-state index in [0.717, 1.165) is 23.5 Å². The number of hydrogen-bond donors (Lipinski definition) is 0. The van der Waals surface area contributed by atoms with Crippen molar-refractivity contribution < 1.29 is 4.39 Å². The Bertz CT molecular complexity index is 307. The van der Waals surface area contributed by atoms with Gasteiger partial charge >= 0.3 is 0 Å². The third-order valence-electron chi connectivity index (χ3n) is 1.84. The van der Waals surface area contributed by atoms with Crippen molar-refractivity contribution in [1.82, 2.24) is 0 Å². The number of thioether (sulfide) groups is 1. The fourth-order valence-corrected chi connectivity index (χ4v) is 2.01. The quantitative estimate of drug-likeness (QED) is 0.397. The van der Waals surface area contributed by atoms with Gasteiger partial charge in [0.1, 0.15) is 5.82 Å². The van der Waals surface area contributed by atoms with Crippen molar-refractivity contribution in [1.29, 1.82) is 0 Å². The zero-order valence-electron chi connectivity index (χ0n) is 8.42. The minimum atomic E-state index is -0.118. The lowest BCUT2D eigenvalue weighted by Crippen LogP contribution is -1.84. The Morgan fingerprint density at radius 3 is 2.79 bits per heavy atom. The molecule has 0 radical (unpaired) electrons. The molecule has 0 amide bonds. The first-order valence-electron chi connectivity index (χ1n) is 4.72. The highest BCUT2D eigenvalue weighted by Crippen LogP contribution is 2.22. The summed E-state index contributed by atoms with van der Waals surface area (Å²) in [6, 6.07) is 6.90. The van der Waals surface area contributed by atoms with E-state index in [-0.39, 0.29) is 5.82 Å². The molecular formula is C12H15FS. The Hall–Kier alpha value is -0.760. The molecular weight excluding hydrogens is 195 g/mol. The van der Waals surface area contributed by atoms with Crippen LogP contribution < -0.4 is 0 Å². The number of allylic oxidation sites excluding steroid dienone is 1. The summed E-state index contributed by atoms with van der Waals surface area (Å²) in [4.78, 5) is 0.745. The molecule has 0 aliphatic rings. The van der Waals surface area contributed by atoms with Crippen molar-refractivity contribution in [3.05, 3.63) is 42.2 Å². The van der Waals surface area contributed by atoms with E-state index in [4.69, 9.17) is 0 Å². The van der Waals surface area contributed by atoms with E-state index in [1.807, 2.05) is 19.1 Å². The van der Waals surface area contributed by atoms with Gasteiger partial charge in [-0.1, -0.05) is 17.7 Å². The molecule has 0 aromatic heterocycles. The third-order valence-corrected chi connectivity index (χ3v) is 2.98. The van der Waals surface area contributed by atoms with E-state index in [9.17, 15) is 4.39 Å². The summed E-state index contributed by atoms with van der Waals surface area (Å²) in [5, 5.41) is 0. The Morgan fingerprint density at radius 2 is 2.14 bits per heavy atom. The maximum atomic E-state index is 13.1. The molecule has 0 N–H and O–H groups in total. The standard InChI is InChI=1S/C12H15FS/c1-10(2)6-5-9-14-12-8-4-3-7-11(12)13/h3-4,7-8H,1,5-6,9H2,2H3. The monoisotopic (exact) mass is 210 g/mol. The van der Waals surface area contributed by atoms with Crippen LogP contribution in [0, 0.1) is 5.82 Å². The van der Waals surface area contributed by atoms with E-state index < -0.39 is 0 Å². The zero-order valence-corrected chi connectivity index (χ0v) is 9.24. The Balaban J connectivity index is 2.31. The van der Waals surface area contributed by atoms with Crippen LogP contribution in [0.5, 0.6) is 0 Å². The first-order chi connectivity index (χ1) is 6.70. The van der Waals surface area contributed by atoms with Crippen LogP contribution in [0.3, 0.4) is 0 Å². The molecule has 0 bridgehead atoms. The molecule has 1 aromatic carbocycles. The largest absolute Gasteiger partial charge is 0.206 e. The lowest BCUT2D eigenvalue weighted by Gasteiger charge is -2.02. The smallest absolute Gasteiger partial charge is 0.136 e. The van der Waals surface area contributed by atoms with Crippen molar-refractivity contribution >= 4 is 11.8 Å². The van der Waals surface area contributed by atoms with Crippen molar-refractivity contribution in [2.24, 2.45) is 0 Å². The molecule has 2 heteroatoms. The van der Waals surface area contributed by atoms with Crippen LogP contribution in [-0.2, 0) is 0 Å². The van der Waals surface area contributed by atoms with Crippen LogP contribution in [-0.4, -0.2) is 5.75 Å². The zero-order chi connectivity index (χ0) is 10.4. The molecule has 0 nitrogen and oxygen atoms in total. The van der Waals surface area contributed by atoms with Crippen LogP contribution in [0.25, 0.3) is 0 Å². The van der Waals surface area contributed by atoms with E-state index in [1.54, 1.807) is 17.8 Å². The van der Waals surface area contributed by atoms with Gasteiger partial charge in [0.05, 0.1) is 0 Å². The van der Waals surface area contributed by atoms with Gasteiger partial charge in [0.25, 0.3) is 0 Å². The van der Waals surface area contributed by atoms with Crippen molar-refractivity contribution in [3.63, 3.8) is 0 Å².